The number of rotatable bonds is 7. The summed E-state index contributed by atoms with van der Waals surface area (Å²) in [4.78, 5) is 13.3. The van der Waals surface area contributed by atoms with Crippen LogP contribution in [0.2, 0.25) is 5.02 Å². The normalized spacial score (nSPS) is 13.8. The number of ketones is 1. The summed E-state index contributed by atoms with van der Waals surface area (Å²) in [5, 5.41) is 4.75. The Hall–Kier alpha value is -2.12. The Morgan fingerprint density at radius 1 is 1.19 bits per heavy atom. The van der Waals surface area contributed by atoms with Gasteiger partial charge in [-0.15, -0.1) is 4.72 Å². The van der Waals surface area contributed by atoms with Crippen LogP contribution in [-0.4, -0.2) is 20.2 Å². The Bertz CT molecular complexity index is 1060. The molecule has 31 heavy (non-hydrogen) atoms. The van der Waals surface area contributed by atoms with Crippen molar-refractivity contribution in [3.63, 3.8) is 0 Å². The van der Waals surface area contributed by atoms with E-state index in [9.17, 15) is 9.35 Å². The van der Waals surface area contributed by atoms with Crippen molar-refractivity contribution in [3.8, 4) is 11.1 Å². The zero-order valence-electron chi connectivity index (χ0n) is 18.4. The number of carbonyl (C=O) groups is 1. The van der Waals surface area contributed by atoms with E-state index in [1.807, 2.05) is 52.8 Å². The van der Waals surface area contributed by atoms with Gasteiger partial charge in [0.1, 0.15) is 10.8 Å². The number of halogens is 1. The maximum atomic E-state index is 13.3. The Morgan fingerprint density at radius 2 is 1.84 bits per heavy atom. The number of hydrogen-bond acceptors (Lipinski definition) is 5. The summed E-state index contributed by atoms with van der Waals surface area (Å²) in [6.07, 6.45) is 0.650. The van der Waals surface area contributed by atoms with Gasteiger partial charge in [0, 0.05) is 27.5 Å². The van der Waals surface area contributed by atoms with Crippen molar-refractivity contribution < 1.29 is 13.9 Å². The van der Waals surface area contributed by atoms with Crippen LogP contribution in [0.15, 0.2) is 53.1 Å². The minimum Gasteiger partial charge on any atom is -0.598 e. The molecule has 3 rings (SSSR count). The molecule has 5 nitrogen and oxygen atoms in total. The van der Waals surface area contributed by atoms with E-state index in [0.29, 0.717) is 34.0 Å². The van der Waals surface area contributed by atoms with Gasteiger partial charge in [-0.3, -0.25) is 4.79 Å². The van der Waals surface area contributed by atoms with Crippen LogP contribution in [0.25, 0.3) is 11.1 Å². The largest absolute Gasteiger partial charge is 0.598 e. The van der Waals surface area contributed by atoms with Crippen LogP contribution in [-0.2, 0) is 11.4 Å². The molecule has 0 amide bonds. The first-order valence-corrected chi connectivity index (χ1v) is 11.7. The second kappa shape index (κ2) is 9.57. The Kier molecular flexibility index (Phi) is 7.27. The predicted octanol–water partition coefficient (Wildman–Crippen LogP) is 6.04. The Balaban J connectivity index is 2.06. The molecule has 0 spiro atoms. The molecule has 0 bridgehead atoms. The zero-order valence-corrected chi connectivity index (χ0v) is 19.9. The summed E-state index contributed by atoms with van der Waals surface area (Å²) in [6.45, 7) is 9.57. The number of nitrogens with one attached hydrogen (secondary N) is 1. The lowest BCUT2D eigenvalue weighted by atomic mass is 9.91. The first-order chi connectivity index (χ1) is 14.6. The quantitative estimate of drug-likeness (QED) is 0.345. The van der Waals surface area contributed by atoms with E-state index in [-0.39, 0.29) is 11.8 Å². The topological polar surface area (TPSA) is 78.2 Å². The zero-order chi connectivity index (χ0) is 22.8. The van der Waals surface area contributed by atoms with Gasteiger partial charge in [0.05, 0.1) is 11.3 Å². The van der Waals surface area contributed by atoms with E-state index in [1.54, 1.807) is 30.3 Å². The summed E-state index contributed by atoms with van der Waals surface area (Å²) >= 11 is 4.69. The molecule has 0 saturated carbocycles. The van der Waals surface area contributed by atoms with Crippen molar-refractivity contribution in [1.29, 1.82) is 0 Å². The van der Waals surface area contributed by atoms with Crippen LogP contribution >= 0.6 is 11.6 Å². The van der Waals surface area contributed by atoms with E-state index >= 15 is 0 Å². The predicted molar refractivity (Wildman–Crippen MR) is 126 cm³/mol. The average Bonchev–Trinajstić information content (AvgIpc) is 3.12. The van der Waals surface area contributed by atoms with Gasteiger partial charge in [-0.2, -0.15) is 0 Å². The second-order valence-electron chi connectivity index (χ2n) is 8.35. The lowest BCUT2D eigenvalue weighted by molar-refractivity contribution is 0.103. The van der Waals surface area contributed by atoms with E-state index in [2.05, 4.69) is 9.88 Å². The van der Waals surface area contributed by atoms with Crippen molar-refractivity contribution in [1.82, 2.24) is 9.88 Å². The second-order valence-corrected chi connectivity index (χ2v) is 10.8. The van der Waals surface area contributed by atoms with Crippen LogP contribution in [0, 0.1) is 6.92 Å². The third-order valence-electron chi connectivity index (χ3n) is 4.97. The molecule has 0 aliphatic carbocycles. The standard InChI is InChI=1S/C24H27ClN2O3S/c1-6-20(27-31(29)24(3,4)5)23-21(15(2)26-30-23)18-9-7-8-10-19(18)22(28)16-11-13-17(25)14-12-16/h7-14,20,27H,6H2,1-5H3/t20-,31-/m0/s1. The first kappa shape index (κ1) is 23.5. The molecule has 0 saturated heterocycles. The van der Waals surface area contributed by atoms with Gasteiger partial charge in [0.2, 0.25) is 0 Å². The van der Waals surface area contributed by atoms with Gasteiger partial charge in [0.15, 0.2) is 11.5 Å². The van der Waals surface area contributed by atoms with Gasteiger partial charge < -0.3 is 9.08 Å². The van der Waals surface area contributed by atoms with Gasteiger partial charge in [0.25, 0.3) is 0 Å². The van der Waals surface area contributed by atoms with Crippen molar-refractivity contribution in [2.24, 2.45) is 0 Å². The maximum Gasteiger partial charge on any atom is 0.193 e. The lowest BCUT2D eigenvalue weighted by Crippen LogP contribution is -2.41. The smallest absolute Gasteiger partial charge is 0.193 e. The fourth-order valence-corrected chi connectivity index (χ4v) is 4.25. The summed E-state index contributed by atoms with van der Waals surface area (Å²) < 4.78 is 21.2. The molecule has 0 aliphatic heterocycles. The molecule has 0 unspecified atom stereocenters. The average molecular weight is 459 g/mol. The van der Waals surface area contributed by atoms with Crippen LogP contribution in [0.1, 0.15) is 67.5 Å². The molecule has 2 aromatic carbocycles. The van der Waals surface area contributed by atoms with Crippen molar-refractivity contribution in [2.75, 3.05) is 0 Å². The summed E-state index contributed by atoms with van der Waals surface area (Å²) in [6, 6.07) is 13.9. The Morgan fingerprint density at radius 3 is 2.45 bits per heavy atom. The third-order valence-corrected chi connectivity index (χ3v) is 6.83. The molecule has 164 valence electrons. The number of nitrogens with zero attached hydrogens (tertiary/aromatic N) is 1. The highest BCUT2D eigenvalue weighted by atomic mass is 35.5. The maximum absolute atomic E-state index is 13.3. The molecule has 1 aromatic heterocycles. The minimum absolute atomic E-state index is 0.113. The molecule has 2 atom stereocenters. The highest BCUT2D eigenvalue weighted by Crippen LogP contribution is 2.36. The highest BCUT2D eigenvalue weighted by Gasteiger charge is 2.33. The number of aryl methyl sites for hydroxylation is 1. The molecule has 1 heterocycles. The van der Waals surface area contributed by atoms with E-state index in [1.165, 1.54) is 0 Å². The molecular weight excluding hydrogens is 432 g/mol. The first-order valence-electron chi connectivity index (χ1n) is 10.2. The fourth-order valence-electron chi connectivity index (χ4n) is 3.24. The molecule has 1 N–H and O–H groups in total. The molecule has 3 aromatic rings. The SMILES string of the molecule is CC[C@H](N[S@@+]([O-])C(C)(C)C)c1onc(C)c1-c1ccccc1C(=O)c1ccc(Cl)cc1. The van der Waals surface area contributed by atoms with Gasteiger partial charge in [-0.1, -0.05) is 47.9 Å². The van der Waals surface area contributed by atoms with Gasteiger partial charge >= 0.3 is 0 Å². The molecule has 0 radical (unpaired) electrons. The number of carbonyl (C=O) groups excluding carboxylic acids is 1. The number of hydrogen-bond donors (Lipinski definition) is 1. The molecule has 7 heteroatoms. The fraction of sp³-hybridized carbons (Fsp3) is 0.333. The van der Waals surface area contributed by atoms with E-state index in [0.717, 1.165) is 11.1 Å². The summed E-state index contributed by atoms with van der Waals surface area (Å²) in [5.41, 5.74) is 3.25. The Labute approximate surface area is 191 Å². The molecule has 0 aliphatic rings. The monoisotopic (exact) mass is 458 g/mol. The van der Waals surface area contributed by atoms with Crippen LogP contribution < -0.4 is 4.72 Å². The van der Waals surface area contributed by atoms with Crippen molar-refractivity contribution >= 4 is 28.7 Å². The van der Waals surface area contributed by atoms with E-state index < -0.39 is 16.1 Å². The highest BCUT2D eigenvalue weighted by molar-refractivity contribution is 7.90. The minimum atomic E-state index is -1.29. The summed E-state index contributed by atoms with van der Waals surface area (Å²) in [5.74, 6) is 0.465. The van der Waals surface area contributed by atoms with Gasteiger partial charge in [-0.05, 0) is 63.9 Å². The number of aromatic nitrogens is 1. The van der Waals surface area contributed by atoms with Crippen LogP contribution in [0.4, 0.5) is 0 Å². The van der Waals surface area contributed by atoms with Gasteiger partial charge in [-0.25, -0.2) is 0 Å². The van der Waals surface area contributed by atoms with Crippen molar-refractivity contribution in [2.45, 2.75) is 51.8 Å². The molecule has 0 fully saturated rings. The third kappa shape index (κ3) is 5.21. The van der Waals surface area contributed by atoms with Crippen molar-refractivity contribution in [3.05, 3.63) is 76.1 Å². The molecular formula is C24H27ClN2O3S. The van der Waals surface area contributed by atoms with Crippen LogP contribution in [0.5, 0.6) is 0 Å². The number of benzene rings is 2. The summed E-state index contributed by atoms with van der Waals surface area (Å²) in [7, 11) is 0. The van der Waals surface area contributed by atoms with Crippen LogP contribution in [0.3, 0.4) is 0 Å². The van der Waals surface area contributed by atoms with E-state index in [4.69, 9.17) is 16.1 Å². The lowest BCUT2D eigenvalue weighted by Gasteiger charge is -2.27.